The minimum absolute atomic E-state index is 0.542. The predicted octanol–water partition coefficient (Wildman–Crippen LogP) is 2.92. The van der Waals surface area contributed by atoms with Crippen molar-refractivity contribution in [2.75, 3.05) is 43.1 Å². The molecule has 2 heterocycles. The third-order valence-corrected chi connectivity index (χ3v) is 4.39. The Morgan fingerprint density at radius 1 is 1.19 bits per heavy atom. The van der Waals surface area contributed by atoms with Crippen LogP contribution in [0.4, 0.5) is 11.6 Å². The third-order valence-electron chi connectivity index (χ3n) is 3.84. The van der Waals surface area contributed by atoms with Crippen LogP contribution in [0.3, 0.4) is 0 Å². The van der Waals surface area contributed by atoms with E-state index in [0.29, 0.717) is 6.04 Å². The zero-order valence-electron chi connectivity index (χ0n) is 13.4. The Balaban J connectivity index is 1.93. The lowest BCUT2D eigenvalue weighted by molar-refractivity contribution is 0.180. The highest BCUT2D eigenvalue weighted by Crippen LogP contribution is 2.18. The fourth-order valence-corrected chi connectivity index (χ4v) is 3.00. The summed E-state index contributed by atoms with van der Waals surface area (Å²) in [6.07, 6.45) is 6.05. The lowest BCUT2D eigenvalue weighted by atomic mass is 10.1. The summed E-state index contributed by atoms with van der Waals surface area (Å²) < 4.78 is 0. The van der Waals surface area contributed by atoms with Crippen molar-refractivity contribution >= 4 is 23.4 Å². The first kappa shape index (κ1) is 16.4. The molecule has 0 spiro atoms. The highest BCUT2D eigenvalue weighted by Gasteiger charge is 2.16. The minimum atomic E-state index is 0.542. The number of anilines is 2. The van der Waals surface area contributed by atoms with Crippen LogP contribution in [0.5, 0.6) is 0 Å². The molecule has 0 radical (unpaired) electrons. The molecule has 1 atom stereocenters. The van der Waals surface area contributed by atoms with Gasteiger partial charge in [-0.15, -0.1) is 0 Å². The largest absolute Gasteiger partial charge is 0.370 e. The number of likely N-dealkylation sites (tertiary alicyclic amines) is 1. The molecule has 118 valence electrons. The Hall–Kier alpha value is -1.01. The summed E-state index contributed by atoms with van der Waals surface area (Å²) in [7, 11) is 0. The highest BCUT2D eigenvalue weighted by atomic mass is 32.2. The van der Waals surface area contributed by atoms with Crippen LogP contribution in [0.2, 0.25) is 0 Å². The fraction of sp³-hybridized carbons (Fsp3) is 0.733. The van der Waals surface area contributed by atoms with Gasteiger partial charge in [0.2, 0.25) is 0 Å². The van der Waals surface area contributed by atoms with Crippen LogP contribution in [0.1, 0.15) is 33.1 Å². The lowest BCUT2D eigenvalue weighted by Crippen LogP contribution is -2.41. The molecular weight excluding hydrogens is 282 g/mol. The predicted molar refractivity (Wildman–Crippen MR) is 91.4 cm³/mol. The van der Waals surface area contributed by atoms with E-state index < -0.39 is 0 Å². The zero-order chi connectivity index (χ0) is 15.1. The van der Waals surface area contributed by atoms with Crippen molar-refractivity contribution in [3.8, 4) is 0 Å². The van der Waals surface area contributed by atoms with Crippen LogP contribution in [0.15, 0.2) is 11.2 Å². The molecule has 1 aliphatic heterocycles. The van der Waals surface area contributed by atoms with E-state index in [9.17, 15) is 0 Å². The van der Waals surface area contributed by atoms with Crippen molar-refractivity contribution in [3.05, 3.63) is 6.07 Å². The first-order valence-corrected chi connectivity index (χ1v) is 9.10. The number of hydrogen-bond donors (Lipinski definition) is 2. The summed E-state index contributed by atoms with van der Waals surface area (Å²) in [5, 5.41) is 7.53. The van der Waals surface area contributed by atoms with Gasteiger partial charge in [-0.25, -0.2) is 9.97 Å². The van der Waals surface area contributed by atoms with Crippen molar-refractivity contribution in [3.63, 3.8) is 0 Å². The second-order valence-electron chi connectivity index (χ2n) is 5.48. The number of rotatable bonds is 7. The Morgan fingerprint density at radius 3 is 2.48 bits per heavy atom. The molecule has 0 amide bonds. The Bertz CT molecular complexity index is 434. The van der Waals surface area contributed by atoms with E-state index in [-0.39, 0.29) is 0 Å². The number of aromatic nitrogens is 2. The maximum Gasteiger partial charge on any atom is 0.191 e. The van der Waals surface area contributed by atoms with Gasteiger partial charge in [0.15, 0.2) is 5.16 Å². The molecule has 2 rings (SSSR count). The van der Waals surface area contributed by atoms with Crippen LogP contribution in [0, 0.1) is 0 Å². The van der Waals surface area contributed by atoms with Gasteiger partial charge in [0.25, 0.3) is 0 Å². The third kappa shape index (κ3) is 5.04. The number of piperidine rings is 1. The standard InChI is InChI=1S/C15H27N5S/c1-4-16-13-10-14(19-15(18-13)21-3)17-11-12(2)20-8-6-5-7-9-20/h10,12H,4-9,11H2,1-3H3,(H2,16,17,18,19). The second kappa shape index (κ2) is 8.44. The molecule has 1 saturated heterocycles. The van der Waals surface area contributed by atoms with Gasteiger partial charge < -0.3 is 10.6 Å². The Kier molecular flexibility index (Phi) is 6.57. The molecular formula is C15H27N5S. The van der Waals surface area contributed by atoms with Crippen molar-refractivity contribution in [2.45, 2.75) is 44.3 Å². The van der Waals surface area contributed by atoms with Crippen LogP contribution in [0.25, 0.3) is 0 Å². The molecule has 0 bridgehead atoms. The van der Waals surface area contributed by atoms with E-state index in [0.717, 1.165) is 29.9 Å². The summed E-state index contributed by atoms with van der Waals surface area (Å²) in [5.41, 5.74) is 0. The average molecular weight is 309 g/mol. The number of thioether (sulfide) groups is 1. The first-order valence-electron chi connectivity index (χ1n) is 7.87. The molecule has 0 saturated carbocycles. The molecule has 0 aromatic carbocycles. The second-order valence-corrected chi connectivity index (χ2v) is 6.26. The monoisotopic (exact) mass is 309 g/mol. The van der Waals surface area contributed by atoms with Gasteiger partial charge in [-0.05, 0) is 46.0 Å². The highest BCUT2D eigenvalue weighted by molar-refractivity contribution is 7.98. The Labute approximate surface area is 132 Å². The van der Waals surface area contributed by atoms with Crippen LogP contribution in [-0.2, 0) is 0 Å². The van der Waals surface area contributed by atoms with E-state index in [1.54, 1.807) is 11.8 Å². The first-order chi connectivity index (χ1) is 10.2. The van der Waals surface area contributed by atoms with Crippen molar-refractivity contribution < 1.29 is 0 Å². The Morgan fingerprint density at radius 2 is 1.86 bits per heavy atom. The summed E-state index contributed by atoms with van der Waals surface area (Å²) in [6, 6.07) is 2.53. The maximum absolute atomic E-state index is 4.53. The van der Waals surface area contributed by atoms with Gasteiger partial charge in [0, 0.05) is 25.2 Å². The summed E-state index contributed by atoms with van der Waals surface area (Å²) in [5.74, 6) is 1.80. The summed E-state index contributed by atoms with van der Waals surface area (Å²) >= 11 is 1.57. The van der Waals surface area contributed by atoms with E-state index in [4.69, 9.17) is 0 Å². The molecule has 1 fully saturated rings. The summed E-state index contributed by atoms with van der Waals surface area (Å²) in [6.45, 7) is 8.62. The molecule has 1 aliphatic rings. The average Bonchev–Trinajstić information content (AvgIpc) is 2.53. The van der Waals surface area contributed by atoms with Gasteiger partial charge in [-0.2, -0.15) is 0 Å². The molecule has 6 heteroatoms. The van der Waals surface area contributed by atoms with E-state index in [1.165, 1.54) is 32.4 Å². The number of nitrogens with zero attached hydrogens (tertiary/aromatic N) is 3. The molecule has 1 unspecified atom stereocenters. The van der Waals surface area contributed by atoms with Crippen molar-refractivity contribution in [1.82, 2.24) is 14.9 Å². The molecule has 1 aromatic rings. The molecule has 0 aliphatic carbocycles. The van der Waals surface area contributed by atoms with Crippen LogP contribution < -0.4 is 10.6 Å². The molecule has 2 N–H and O–H groups in total. The lowest BCUT2D eigenvalue weighted by Gasteiger charge is -2.32. The molecule has 21 heavy (non-hydrogen) atoms. The van der Waals surface area contributed by atoms with E-state index >= 15 is 0 Å². The minimum Gasteiger partial charge on any atom is -0.370 e. The summed E-state index contributed by atoms with van der Waals surface area (Å²) in [4.78, 5) is 11.6. The zero-order valence-corrected chi connectivity index (χ0v) is 14.2. The maximum atomic E-state index is 4.53. The van der Waals surface area contributed by atoms with Crippen LogP contribution in [-0.4, -0.2) is 53.3 Å². The van der Waals surface area contributed by atoms with Crippen LogP contribution >= 0.6 is 11.8 Å². The van der Waals surface area contributed by atoms with Crippen molar-refractivity contribution in [1.29, 1.82) is 0 Å². The van der Waals surface area contributed by atoms with Gasteiger partial charge >= 0.3 is 0 Å². The smallest absolute Gasteiger partial charge is 0.191 e. The number of hydrogen-bond acceptors (Lipinski definition) is 6. The van der Waals surface area contributed by atoms with E-state index in [1.807, 2.05) is 12.3 Å². The molecule has 1 aromatic heterocycles. The van der Waals surface area contributed by atoms with Gasteiger partial charge in [-0.1, -0.05) is 18.2 Å². The topological polar surface area (TPSA) is 53.1 Å². The quantitative estimate of drug-likeness (QED) is 0.597. The van der Waals surface area contributed by atoms with Crippen molar-refractivity contribution in [2.24, 2.45) is 0 Å². The number of nitrogens with one attached hydrogen (secondary N) is 2. The SMILES string of the molecule is CCNc1cc(NCC(C)N2CCCCC2)nc(SC)n1. The van der Waals surface area contributed by atoms with E-state index in [2.05, 4.69) is 39.3 Å². The van der Waals surface area contributed by atoms with Gasteiger partial charge in [0.1, 0.15) is 11.6 Å². The van der Waals surface area contributed by atoms with Gasteiger partial charge in [0.05, 0.1) is 0 Å². The van der Waals surface area contributed by atoms with Gasteiger partial charge in [-0.3, -0.25) is 4.90 Å². The molecule has 5 nitrogen and oxygen atoms in total. The fourth-order valence-electron chi connectivity index (χ4n) is 2.62. The normalized spacial score (nSPS) is 17.5.